The molecule has 3 aromatic carbocycles. The fraction of sp³-hybridized carbons (Fsp3) is 0.250. The Kier molecular flexibility index (Phi) is 10.3. The number of amidine groups is 1. The van der Waals surface area contributed by atoms with Crippen molar-refractivity contribution in [2.24, 2.45) is 10.1 Å². The number of amides is 1. The summed E-state index contributed by atoms with van der Waals surface area (Å²) in [5.74, 6) is 1.05. The van der Waals surface area contributed by atoms with Crippen molar-refractivity contribution >= 4 is 51.6 Å². The molecule has 1 aliphatic heterocycles. The number of rotatable bonds is 9. The Hall–Kier alpha value is -4.76. The highest BCUT2D eigenvalue weighted by Crippen LogP contribution is 2.36. The minimum atomic E-state index is -4.76. The molecule has 0 unspecified atom stereocenters. The van der Waals surface area contributed by atoms with Crippen LogP contribution >= 0.6 is 24.0 Å². The monoisotopic (exact) mass is 681 g/mol. The number of carbonyl (C=O) groups excluding carboxylic acids is 1. The fourth-order valence-corrected chi connectivity index (χ4v) is 5.78. The van der Waals surface area contributed by atoms with E-state index >= 15 is 0 Å². The maximum Gasteiger partial charge on any atom is 0.573 e. The molecule has 5 rings (SSSR count). The SMILES string of the molecule is CC/C(=N\NC(=S)N=C1SCC(=O)N1c1cc(OC)ccc1C(C)C)c1ccc(-c2ncn(-c3ccc(OC(F)(F)F)cc3)n2)cc1. The topological polar surface area (TPSA) is 106 Å². The number of benzene rings is 3. The molecule has 1 N–H and O–H groups in total. The number of thioether (sulfide) groups is 1. The zero-order valence-electron chi connectivity index (χ0n) is 25.8. The molecule has 47 heavy (non-hydrogen) atoms. The molecule has 0 atom stereocenters. The van der Waals surface area contributed by atoms with Crippen molar-refractivity contribution in [2.75, 3.05) is 17.8 Å². The van der Waals surface area contributed by atoms with E-state index in [1.807, 2.05) is 49.4 Å². The molecule has 0 aliphatic carbocycles. The number of thiocarbonyl (C=S) groups is 1. The lowest BCUT2D eigenvalue weighted by atomic mass is 10.00. The van der Waals surface area contributed by atoms with Crippen LogP contribution in [0.15, 0.2) is 83.2 Å². The van der Waals surface area contributed by atoms with E-state index in [1.54, 1.807) is 12.0 Å². The molecule has 1 saturated heterocycles. The Balaban J connectivity index is 1.28. The zero-order chi connectivity index (χ0) is 33.7. The van der Waals surface area contributed by atoms with E-state index in [4.69, 9.17) is 17.0 Å². The average Bonchev–Trinajstić information content (AvgIpc) is 3.68. The number of ether oxygens (including phenoxy) is 2. The average molecular weight is 682 g/mol. The molecule has 1 aromatic heterocycles. The first-order chi connectivity index (χ1) is 22.5. The van der Waals surface area contributed by atoms with E-state index in [1.165, 1.54) is 47.0 Å². The first-order valence-electron chi connectivity index (χ1n) is 14.4. The molecular weight excluding hydrogens is 652 g/mol. The summed E-state index contributed by atoms with van der Waals surface area (Å²) in [7, 11) is 1.58. The molecule has 1 amide bonds. The first-order valence-corrected chi connectivity index (χ1v) is 15.8. The molecule has 1 aliphatic rings. The van der Waals surface area contributed by atoms with Crippen LogP contribution in [0.4, 0.5) is 18.9 Å². The predicted molar refractivity (Wildman–Crippen MR) is 181 cm³/mol. The standard InChI is InChI=1S/C32H30F3N7O3S2/c1-5-26(38-39-30(46)37-31-42(28(43)17-47-31)27-16-24(44-4)14-15-25(27)19(2)3)20-6-8-21(9-7-20)29-36-18-41(40-29)22-10-12-23(13-11-22)45-32(33,34)35/h6-16,18-19H,5,17H2,1-4H3,(H,39,46)/b37-31?,38-26+. The Morgan fingerprint density at radius 1 is 1.09 bits per heavy atom. The van der Waals surface area contributed by atoms with Crippen molar-refractivity contribution < 1.29 is 27.4 Å². The lowest BCUT2D eigenvalue weighted by Crippen LogP contribution is -2.31. The number of methoxy groups -OCH3 is 1. The number of hydrogen-bond acceptors (Lipinski definition) is 8. The van der Waals surface area contributed by atoms with Crippen LogP contribution < -0.4 is 19.8 Å². The molecule has 4 aromatic rings. The number of nitrogens with zero attached hydrogens (tertiary/aromatic N) is 6. The predicted octanol–water partition coefficient (Wildman–Crippen LogP) is 7.09. The Labute approximate surface area is 278 Å². The van der Waals surface area contributed by atoms with Gasteiger partial charge in [-0.1, -0.05) is 62.9 Å². The second-order valence-electron chi connectivity index (χ2n) is 10.5. The molecule has 244 valence electrons. The smallest absolute Gasteiger partial charge is 0.497 e. The van der Waals surface area contributed by atoms with Crippen LogP contribution in [0.3, 0.4) is 0 Å². The van der Waals surface area contributed by atoms with Gasteiger partial charge >= 0.3 is 6.36 Å². The molecule has 0 saturated carbocycles. The maximum atomic E-state index is 12.9. The van der Waals surface area contributed by atoms with E-state index in [9.17, 15) is 18.0 Å². The Morgan fingerprint density at radius 3 is 2.43 bits per heavy atom. The third-order valence-electron chi connectivity index (χ3n) is 6.99. The van der Waals surface area contributed by atoms with Crippen LogP contribution in [0, 0.1) is 0 Å². The summed E-state index contributed by atoms with van der Waals surface area (Å²) in [4.78, 5) is 23.4. The number of nitrogens with one attached hydrogen (secondary N) is 1. The Morgan fingerprint density at radius 2 is 1.79 bits per heavy atom. The highest BCUT2D eigenvalue weighted by Gasteiger charge is 2.33. The van der Waals surface area contributed by atoms with Crippen molar-refractivity contribution in [1.29, 1.82) is 0 Å². The first kappa shape index (κ1) is 33.6. The van der Waals surface area contributed by atoms with Crippen LogP contribution in [0.25, 0.3) is 17.1 Å². The van der Waals surface area contributed by atoms with E-state index < -0.39 is 6.36 Å². The minimum absolute atomic E-state index is 0.0997. The fourth-order valence-electron chi connectivity index (χ4n) is 4.72. The molecule has 0 radical (unpaired) electrons. The van der Waals surface area contributed by atoms with Crippen LogP contribution in [-0.2, 0) is 4.79 Å². The van der Waals surface area contributed by atoms with Gasteiger partial charge in [-0.2, -0.15) is 10.1 Å². The van der Waals surface area contributed by atoms with Crippen LogP contribution in [-0.4, -0.2) is 55.9 Å². The molecular formula is C32H30F3N7O3S2. The normalized spacial score (nSPS) is 14.6. The molecule has 2 heterocycles. The molecule has 15 heteroatoms. The zero-order valence-corrected chi connectivity index (χ0v) is 27.4. The molecule has 1 fully saturated rings. The highest BCUT2D eigenvalue weighted by atomic mass is 32.2. The van der Waals surface area contributed by atoms with Crippen molar-refractivity contribution in [3.05, 3.63) is 84.2 Å². The molecule has 0 bridgehead atoms. The van der Waals surface area contributed by atoms with Crippen LogP contribution in [0.1, 0.15) is 44.2 Å². The molecule has 0 spiro atoms. The van der Waals surface area contributed by atoms with Gasteiger partial charge in [0.25, 0.3) is 0 Å². The number of halogens is 3. The number of aliphatic imine (C=N–C) groups is 1. The van der Waals surface area contributed by atoms with E-state index in [0.29, 0.717) is 34.5 Å². The van der Waals surface area contributed by atoms with Gasteiger partial charge in [-0.15, -0.1) is 18.3 Å². The van der Waals surface area contributed by atoms with E-state index in [-0.39, 0.29) is 28.4 Å². The largest absolute Gasteiger partial charge is 0.573 e. The summed E-state index contributed by atoms with van der Waals surface area (Å²) in [6, 6.07) is 18.4. The van der Waals surface area contributed by atoms with Gasteiger partial charge in [0, 0.05) is 11.6 Å². The lowest BCUT2D eigenvalue weighted by molar-refractivity contribution is -0.274. The van der Waals surface area contributed by atoms with Gasteiger partial charge < -0.3 is 9.47 Å². The third kappa shape index (κ3) is 8.16. The minimum Gasteiger partial charge on any atom is -0.497 e. The number of hydrogen-bond donors (Lipinski definition) is 1. The summed E-state index contributed by atoms with van der Waals surface area (Å²) in [6.07, 6.45) is -2.70. The van der Waals surface area contributed by atoms with Crippen molar-refractivity contribution in [3.8, 4) is 28.6 Å². The van der Waals surface area contributed by atoms with E-state index in [2.05, 4.69) is 44.2 Å². The number of carbonyl (C=O) groups is 1. The summed E-state index contributed by atoms with van der Waals surface area (Å²) >= 11 is 6.79. The van der Waals surface area contributed by atoms with Crippen molar-refractivity contribution in [1.82, 2.24) is 20.2 Å². The second kappa shape index (κ2) is 14.3. The van der Waals surface area contributed by atoms with E-state index in [0.717, 1.165) is 22.4 Å². The van der Waals surface area contributed by atoms with Gasteiger partial charge in [0.1, 0.15) is 17.8 Å². The number of alkyl halides is 3. The number of aromatic nitrogens is 3. The van der Waals surface area contributed by atoms with Crippen LogP contribution in [0.5, 0.6) is 11.5 Å². The number of anilines is 1. The third-order valence-corrected chi connectivity index (χ3v) is 8.09. The van der Waals surface area contributed by atoms with Gasteiger partial charge in [0.15, 0.2) is 11.0 Å². The lowest BCUT2D eigenvalue weighted by Gasteiger charge is -2.22. The van der Waals surface area contributed by atoms with Crippen LogP contribution in [0.2, 0.25) is 0 Å². The van der Waals surface area contributed by atoms with Crippen molar-refractivity contribution in [3.63, 3.8) is 0 Å². The van der Waals surface area contributed by atoms with Gasteiger partial charge in [-0.05, 0) is 66.0 Å². The van der Waals surface area contributed by atoms with Gasteiger partial charge in [-0.25, -0.2) is 9.67 Å². The summed E-state index contributed by atoms with van der Waals surface area (Å²) in [5, 5.41) is 9.50. The summed E-state index contributed by atoms with van der Waals surface area (Å²) in [5.41, 5.74) is 7.35. The van der Waals surface area contributed by atoms with Gasteiger partial charge in [0.05, 0.1) is 29.9 Å². The molecule has 10 nitrogen and oxygen atoms in total. The van der Waals surface area contributed by atoms with Gasteiger partial charge in [0.2, 0.25) is 11.0 Å². The van der Waals surface area contributed by atoms with Crippen molar-refractivity contribution in [2.45, 2.75) is 39.5 Å². The Bertz CT molecular complexity index is 1820. The second-order valence-corrected chi connectivity index (χ2v) is 11.8. The maximum absolute atomic E-state index is 12.9. The number of hydrazone groups is 1. The highest BCUT2D eigenvalue weighted by molar-refractivity contribution is 8.15. The summed E-state index contributed by atoms with van der Waals surface area (Å²) < 4.78 is 48.1. The quantitative estimate of drug-likeness (QED) is 0.113. The summed E-state index contributed by atoms with van der Waals surface area (Å²) in [6.45, 7) is 6.07. The van der Waals surface area contributed by atoms with Gasteiger partial charge in [-0.3, -0.25) is 15.1 Å².